The zero-order valence-electron chi connectivity index (χ0n) is 9.77. The number of sulfonamides is 1. The molecule has 0 aliphatic heterocycles. The van der Waals surface area contributed by atoms with E-state index < -0.39 is 16.0 Å². The van der Waals surface area contributed by atoms with Crippen molar-refractivity contribution in [3.63, 3.8) is 0 Å². The first-order chi connectivity index (χ1) is 8.87. The van der Waals surface area contributed by atoms with E-state index in [2.05, 4.69) is 14.7 Å². The van der Waals surface area contributed by atoms with Crippen LogP contribution in [0.25, 0.3) is 0 Å². The molecule has 0 bridgehead atoms. The summed E-state index contributed by atoms with van der Waals surface area (Å²) in [6.07, 6.45) is 2.47. The summed E-state index contributed by atoms with van der Waals surface area (Å²) in [7, 11) is -2.14. The van der Waals surface area contributed by atoms with Crippen molar-refractivity contribution in [1.29, 1.82) is 0 Å². The number of nitrogens with zero attached hydrogens (tertiary/aromatic N) is 3. The highest BCUT2D eigenvalue weighted by molar-refractivity contribution is 7.92. The van der Waals surface area contributed by atoms with E-state index in [1.165, 1.54) is 22.5 Å². The largest absolute Gasteiger partial charge is 0.481 e. The van der Waals surface area contributed by atoms with Gasteiger partial charge in [0.1, 0.15) is 0 Å². The summed E-state index contributed by atoms with van der Waals surface area (Å²) in [5, 5.41) is 10.1. The Hall–Kier alpha value is -1.94. The van der Waals surface area contributed by atoms with Crippen LogP contribution < -0.4 is 4.72 Å². The van der Waals surface area contributed by atoms with Gasteiger partial charge in [-0.1, -0.05) is 0 Å². The number of aromatic nitrogens is 3. The van der Waals surface area contributed by atoms with Crippen LogP contribution in [0.15, 0.2) is 22.9 Å². The van der Waals surface area contributed by atoms with Crippen molar-refractivity contribution in [3.8, 4) is 0 Å². The van der Waals surface area contributed by atoms with E-state index >= 15 is 0 Å². The lowest BCUT2D eigenvalue weighted by Gasteiger charge is -2.00. The zero-order chi connectivity index (χ0) is 14.0. The van der Waals surface area contributed by atoms with E-state index in [-0.39, 0.29) is 16.6 Å². The number of carboxylic acid groups (broad SMARTS) is 1. The monoisotopic (exact) mass is 302 g/mol. The SMILES string of the molecule is Cn1cnc(S(=O)(=O)Nc2nc(CC(=O)O)cs2)c1. The fourth-order valence-corrected chi connectivity index (χ4v) is 3.23. The van der Waals surface area contributed by atoms with Crippen LogP contribution in [0.1, 0.15) is 5.69 Å². The fourth-order valence-electron chi connectivity index (χ4n) is 1.28. The third-order valence-corrected chi connectivity index (χ3v) is 4.22. The highest BCUT2D eigenvalue weighted by Gasteiger charge is 2.19. The smallest absolute Gasteiger partial charge is 0.309 e. The molecule has 19 heavy (non-hydrogen) atoms. The molecule has 0 fully saturated rings. The summed E-state index contributed by atoms with van der Waals surface area (Å²) < 4.78 is 27.6. The Kier molecular flexibility index (Phi) is 3.53. The molecule has 0 radical (unpaired) electrons. The van der Waals surface area contributed by atoms with Crippen LogP contribution in [0.4, 0.5) is 5.13 Å². The van der Waals surface area contributed by atoms with E-state index in [4.69, 9.17) is 5.11 Å². The number of anilines is 1. The van der Waals surface area contributed by atoms with Crippen LogP contribution >= 0.6 is 11.3 Å². The molecule has 0 amide bonds. The van der Waals surface area contributed by atoms with Crippen molar-refractivity contribution in [2.45, 2.75) is 11.4 Å². The molecule has 0 aliphatic rings. The summed E-state index contributed by atoms with van der Waals surface area (Å²) in [5.41, 5.74) is 0.302. The molecular formula is C9H10N4O4S2. The van der Waals surface area contributed by atoms with Crippen LogP contribution in [-0.2, 0) is 28.3 Å². The average Bonchev–Trinajstić information content (AvgIpc) is 2.87. The summed E-state index contributed by atoms with van der Waals surface area (Å²) in [4.78, 5) is 18.1. The second-order valence-electron chi connectivity index (χ2n) is 3.70. The summed E-state index contributed by atoms with van der Waals surface area (Å²) >= 11 is 1.02. The second-order valence-corrected chi connectivity index (χ2v) is 6.18. The third kappa shape index (κ3) is 3.29. The first-order valence-corrected chi connectivity index (χ1v) is 7.40. The number of carboxylic acids is 1. The zero-order valence-corrected chi connectivity index (χ0v) is 11.4. The number of nitrogens with one attached hydrogen (secondary N) is 1. The van der Waals surface area contributed by atoms with E-state index in [0.717, 1.165) is 11.3 Å². The van der Waals surface area contributed by atoms with E-state index in [9.17, 15) is 13.2 Å². The molecule has 102 valence electrons. The van der Waals surface area contributed by atoms with Gasteiger partial charge in [0.25, 0.3) is 10.0 Å². The summed E-state index contributed by atoms with van der Waals surface area (Å²) in [6, 6.07) is 0. The fraction of sp³-hybridized carbons (Fsp3) is 0.222. The molecule has 2 aromatic rings. The van der Waals surface area contributed by atoms with Gasteiger partial charge in [-0.3, -0.25) is 9.52 Å². The van der Waals surface area contributed by atoms with Crippen LogP contribution in [0.3, 0.4) is 0 Å². The lowest BCUT2D eigenvalue weighted by Crippen LogP contribution is -2.13. The highest BCUT2D eigenvalue weighted by Crippen LogP contribution is 2.19. The normalized spacial score (nSPS) is 11.4. The molecule has 2 heterocycles. The maximum Gasteiger partial charge on any atom is 0.309 e. The third-order valence-electron chi connectivity index (χ3n) is 2.06. The van der Waals surface area contributed by atoms with Crippen molar-refractivity contribution >= 4 is 32.5 Å². The molecule has 0 aromatic carbocycles. The molecule has 2 N–H and O–H groups in total. The Bertz CT molecular complexity index is 703. The topological polar surface area (TPSA) is 114 Å². The maximum atomic E-state index is 11.9. The van der Waals surface area contributed by atoms with Gasteiger partial charge >= 0.3 is 5.97 Å². The van der Waals surface area contributed by atoms with E-state index in [0.29, 0.717) is 5.69 Å². The molecule has 10 heteroatoms. The minimum absolute atomic E-state index is 0.113. The Balaban J connectivity index is 2.16. The molecule has 0 unspecified atom stereocenters. The van der Waals surface area contributed by atoms with Gasteiger partial charge in [-0.2, -0.15) is 8.42 Å². The van der Waals surface area contributed by atoms with Crippen molar-refractivity contribution in [2.75, 3.05) is 4.72 Å². The molecule has 0 saturated carbocycles. The number of thiazole rings is 1. The highest BCUT2D eigenvalue weighted by atomic mass is 32.2. The molecule has 0 spiro atoms. The summed E-state index contributed by atoms with van der Waals surface area (Å²) in [5.74, 6) is -1.02. The van der Waals surface area contributed by atoms with Gasteiger partial charge in [-0.15, -0.1) is 11.3 Å². The minimum atomic E-state index is -3.79. The number of imidazole rings is 1. The van der Waals surface area contributed by atoms with E-state index in [1.807, 2.05) is 0 Å². The number of aryl methyl sites for hydroxylation is 1. The molecule has 2 aromatic heterocycles. The van der Waals surface area contributed by atoms with Crippen molar-refractivity contribution in [3.05, 3.63) is 23.6 Å². The molecule has 0 aliphatic carbocycles. The average molecular weight is 302 g/mol. The van der Waals surface area contributed by atoms with Crippen molar-refractivity contribution < 1.29 is 18.3 Å². The number of hydrogen-bond donors (Lipinski definition) is 2. The molecule has 8 nitrogen and oxygen atoms in total. The molecule has 0 atom stereocenters. The lowest BCUT2D eigenvalue weighted by atomic mass is 10.3. The van der Waals surface area contributed by atoms with Gasteiger partial charge in [0, 0.05) is 18.6 Å². The van der Waals surface area contributed by atoms with Crippen molar-refractivity contribution in [2.24, 2.45) is 7.05 Å². The predicted octanol–water partition coefficient (Wildman–Crippen LogP) is 0.304. The summed E-state index contributed by atoms with van der Waals surface area (Å²) in [6.45, 7) is 0. The van der Waals surface area contributed by atoms with Gasteiger partial charge in [0.2, 0.25) is 0 Å². The lowest BCUT2D eigenvalue weighted by molar-refractivity contribution is -0.136. The van der Waals surface area contributed by atoms with Gasteiger partial charge in [-0.05, 0) is 0 Å². The van der Waals surface area contributed by atoms with Gasteiger partial charge in [0.05, 0.1) is 18.4 Å². The van der Waals surface area contributed by atoms with Crippen LogP contribution in [0, 0.1) is 0 Å². The van der Waals surface area contributed by atoms with Crippen LogP contribution in [-0.4, -0.2) is 34.0 Å². The first-order valence-electron chi connectivity index (χ1n) is 5.04. The van der Waals surface area contributed by atoms with Crippen LogP contribution in [0.5, 0.6) is 0 Å². The Morgan fingerprint density at radius 1 is 1.58 bits per heavy atom. The quantitative estimate of drug-likeness (QED) is 0.821. The van der Waals surface area contributed by atoms with Gasteiger partial charge < -0.3 is 9.67 Å². The predicted molar refractivity (Wildman–Crippen MR) is 67.5 cm³/mol. The number of aliphatic carboxylic acids is 1. The van der Waals surface area contributed by atoms with E-state index in [1.54, 1.807) is 7.05 Å². The Morgan fingerprint density at radius 2 is 2.32 bits per heavy atom. The van der Waals surface area contributed by atoms with Gasteiger partial charge in [-0.25, -0.2) is 9.97 Å². The second kappa shape index (κ2) is 4.97. The van der Waals surface area contributed by atoms with Gasteiger partial charge in [0.15, 0.2) is 10.2 Å². The Morgan fingerprint density at radius 3 is 2.89 bits per heavy atom. The Labute approximate surface area is 112 Å². The molecular weight excluding hydrogens is 292 g/mol. The molecule has 2 rings (SSSR count). The first kappa shape index (κ1) is 13.5. The maximum absolute atomic E-state index is 11.9. The number of hydrogen-bond acceptors (Lipinski definition) is 6. The number of rotatable bonds is 5. The minimum Gasteiger partial charge on any atom is -0.481 e. The standard InChI is InChI=1S/C9H10N4O4S2/c1-13-3-7(10-5-13)19(16,17)12-9-11-6(4-18-9)2-8(14)15/h3-5H,2H2,1H3,(H,11,12)(H,14,15). The van der Waals surface area contributed by atoms with Crippen molar-refractivity contribution in [1.82, 2.24) is 14.5 Å². The molecule has 0 saturated heterocycles. The van der Waals surface area contributed by atoms with Crippen LogP contribution in [0.2, 0.25) is 0 Å². The number of carbonyl (C=O) groups is 1.